The molecule has 1 amide bonds. The number of nitrogens with zero attached hydrogens (tertiary/aromatic N) is 1. The van der Waals surface area contributed by atoms with E-state index in [9.17, 15) is 4.79 Å². The summed E-state index contributed by atoms with van der Waals surface area (Å²) in [5.41, 5.74) is 2.77. The molecule has 2 N–H and O–H groups in total. The first-order valence-electron chi connectivity index (χ1n) is 9.02. The Morgan fingerprint density at radius 1 is 1.26 bits per heavy atom. The predicted octanol–water partition coefficient (Wildman–Crippen LogP) is 4.55. The van der Waals surface area contributed by atoms with Crippen LogP contribution in [0.2, 0.25) is 5.02 Å². The Balaban J connectivity index is 1.73. The van der Waals surface area contributed by atoms with Crippen LogP contribution in [0.25, 0.3) is 0 Å². The summed E-state index contributed by atoms with van der Waals surface area (Å²) in [5, 5.41) is 7.07. The molecule has 0 saturated carbocycles. The van der Waals surface area contributed by atoms with E-state index in [4.69, 9.17) is 11.6 Å². The minimum absolute atomic E-state index is 0.0832. The van der Waals surface area contributed by atoms with Crippen LogP contribution in [-0.2, 0) is 6.54 Å². The van der Waals surface area contributed by atoms with Crippen molar-refractivity contribution in [2.24, 2.45) is 0 Å². The van der Waals surface area contributed by atoms with Crippen molar-refractivity contribution in [3.63, 3.8) is 0 Å². The molecule has 0 bridgehead atoms. The Hall–Kier alpha value is -1.21. The first kappa shape index (κ1) is 20.5. The van der Waals surface area contributed by atoms with Crippen LogP contribution >= 0.6 is 39.3 Å². The van der Waals surface area contributed by atoms with Gasteiger partial charge in [0.1, 0.15) is 0 Å². The summed E-state index contributed by atoms with van der Waals surface area (Å²) in [5.74, 6) is 0.891. The number of thioether (sulfide) groups is 1. The van der Waals surface area contributed by atoms with E-state index in [-0.39, 0.29) is 5.91 Å². The molecule has 1 fully saturated rings. The Kier molecular flexibility index (Phi) is 7.47. The lowest BCUT2D eigenvalue weighted by molar-refractivity contribution is 0.0950. The first-order chi connectivity index (χ1) is 13.1. The Morgan fingerprint density at radius 2 is 2.04 bits per heavy atom. The van der Waals surface area contributed by atoms with Crippen molar-refractivity contribution in [1.82, 2.24) is 10.6 Å². The van der Waals surface area contributed by atoms with Gasteiger partial charge in [-0.05, 0) is 47.7 Å². The molecule has 27 heavy (non-hydrogen) atoms. The number of carbonyl (C=O) groups is 1. The van der Waals surface area contributed by atoms with E-state index in [2.05, 4.69) is 44.5 Å². The van der Waals surface area contributed by atoms with E-state index in [1.807, 2.05) is 30.3 Å². The average molecular weight is 469 g/mol. The second-order valence-electron chi connectivity index (χ2n) is 6.30. The summed E-state index contributed by atoms with van der Waals surface area (Å²) in [7, 11) is 0. The molecule has 7 heteroatoms. The van der Waals surface area contributed by atoms with Crippen LogP contribution in [0.3, 0.4) is 0 Å². The third-order valence-corrected chi connectivity index (χ3v) is 6.08. The van der Waals surface area contributed by atoms with Crippen LogP contribution in [0.15, 0.2) is 45.8 Å². The highest BCUT2D eigenvalue weighted by molar-refractivity contribution is 9.10. The summed E-state index contributed by atoms with van der Waals surface area (Å²) >= 11 is 11.4. The lowest BCUT2D eigenvalue weighted by atomic mass is 10.1. The normalized spacial score (nSPS) is 14.3. The van der Waals surface area contributed by atoms with Crippen LogP contribution in [-0.4, -0.2) is 37.8 Å². The fourth-order valence-corrected chi connectivity index (χ4v) is 4.54. The molecule has 2 aromatic carbocycles. The van der Waals surface area contributed by atoms with Crippen molar-refractivity contribution in [3.05, 3.63) is 57.0 Å². The van der Waals surface area contributed by atoms with Gasteiger partial charge in [0.2, 0.25) is 0 Å². The fraction of sp³-hybridized carbons (Fsp3) is 0.350. The molecule has 0 aromatic heterocycles. The van der Waals surface area contributed by atoms with Gasteiger partial charge < -0.3 is 15.5 Å². The number of anilines is 1. The smallest absolute Gasteiger partial charge is 0.251 e. The van der Waals surface area contributed by atoms with E-state index in [1.54, 1.807) is 11.8 Å². The Bertz CT molecular complexity index is 812. The quantitative estimate of drug-likeness (QED) is 0.610. The number of benzene rings is 2. The highest BCUT2D eigenvalue weighted by atomic mass is 79.9. The van der Waals surface area contributed by atoms with Gasteiger partial charge >= 0.3 is 0 Å². The largest absolute Gasteiger partial charge is 0.369 e. The molecule has 1 saturated heterocycles. The van der Waals surface area contributed by atoms with E-state index in [1.165, 1.54) is 0 Å². The van der Waals surface area contributed by atoms with Gasteiger partial charge in [-0.2, -0.15) is 0 Å². The van der Waals surface area contributed by atoms with Gasteiger partial charge in [-0.3, -0.25) is 4.79 Å². The van der Waals surface area contributed by atoms with Crippen LogP contribution in [0.4, 0.5) is 5.69 Å². The fourth-order valence-electron chi connectivity index (χ4n) is 3.07. The highest BCUT2D eigenvalue weighted by Gasteiger charge is 2.15. The molecule has 0 unspecified atom stereocenters. The maximum absolute atomic E-state index is 12.8. The lowest BCUT2D eigenvalue weighted by Crippen LogP contribution is -2.43. The lowest BCUT2D eigenvalue weighted by Gasteiger charge is -2.29. The summed E-state index contributed by atoms with van der Waals surface area (Å²) in [6.45, 7) is 6.37. The number of amides is 1. The minimum Gasteiger partial charge on any atom is -0.369 e. The van der Waals surface area contributed by atoms with Gasteiger partial charge in [0.05, 0.1) is 0 Å². The second-order valence-corrected chi connectivity index (χ2v) is 8.96. The van der Waals surface area contributed by atoms with Gasteiger partial charge in [-0.25, -0.2) is 0 Å². The zero-order valence-corrected chi connectivity index (χ0v) is 18.4. The van der Waals surface area contributed by atoms with Crippen LogP contribution in [0.1, 0.15) is 22.8 Å². The standard InChI is InChI=1S/C20H23BrClN3OS/c1-2-27-19-4-3-17(22)10-15(19)13-24-20(26)14-9-16(21)12-18(11-14)25-7-5-23-6-8-25/h3-4,9-12,23H,2,5-8,13H2,1H3,(H,24,26). The molecule has 144 valence electrons. The van der Waals surface area contributed by atoms with Gasteiger partial charge in [-0.1, -0.05) is 34.5 Å². The van der Waals surface area contributed by atoms with Crippen molar-refractivity contribution in [2.45, 2.75) is 18.4 Å². The molecule has 0 aliphatic carbocycles. The summed E-state index contributed by atoms with van der Waals surface area (Å²) < 4.78 is 0.911. The molecule has 4 nitrogen and oxygen atoms in total. The number of hydrogen-bond donors (Lipinski definition) is 2. The van der Waals surface area contributed by atoms with Crippen LogP contribution in [0, 0.1) is 0 Å². The van der Waals surface area contributed by atoms with Crippen molar-refractivity contribution >= 4 is 50.9 Å². The van der Waals surface area contributed by atoms with Gasteiger partial charge in [0.25, 0.3) is 5.91 Å². The maximum Gasteiger partial charge on any atom is 0.251 e. The highest BCUT2D eigenvalue weighted by Crippen LogP contribution is 2.26. The first-order valence-corrected chi connectivity index (χ1v) is 11.2. The van der Waals surface area contributed by atoms with Gasteiger partial charge in [-0.15, -0.1) is 11.8 Å². The number of nitrogens with one attached hydrogen (secondary N) is 2. The number of halogens is 2. The van der Waals surface area contributed by atoms with E-state index in [0.29, 0.717) is 17.1 Å². The van der Waals surface area contributed by atoms with E-state index in [0.717, 1.165) is 52.6 Å². The molecule has 0 spiro atoms. The number of rotatable bonds is 6. The molecule has 1 heterocycles. The zero-order valence-electron chi connectivity index (χ0n) is 15.2. The monoisotopic (exact) mass is 467 g/mol. The van der Waals surface area contributed by atoms with Crippen molar-refractivity contribution < 1.29 is 4.79 Å². The third kappa shape index (κ3) is 5.64. The van der Waals surface area contributed by atoms with Crippen molar-refractivity contribution in [2.75, 3.05) is 36.8 Å². The number of hydrogen-bond acceptors (Lipinski definition) is 4. The molecule has 3 rings (SSSR count). The predicted molar refractivity (Wildman–Crippen MR) is 118 cm³/mol. The SMILES string of the molecule is CCSc1ccc(Cl)cc1CNC(=O)c1cc(Br)cc(N2CCNCC2)c1. The molecule has 1 aliphatic rings. The Morgan fingerprint density at radius 3 is 2.78 bits per heavy atom. The molecular formula is C20H23BrClN3OS. The maximum atomic E-state index is 12.8. The number of carbonyl (C=O) groups excluding carboxylic acids is 1. The van der Waals surface area contributed by atoms with Crippen molar-refractivity contribution in [3.8, 4) is 0 Å². The van der Waals surface area contributed by atoms with Crippen LogP contribution in [0.5, 0.6) is 0 Å². The molecule has 2 aromatic rings. The minimum atomic E-state index is -0.0832. The van der Waals surface area contributed by atoms with E-state index >= 15 is 0 Å². The summed E-state index contributed by atoms with van der Waals surface area (Å²) in [4.78, 5) is 16.2. The average Bonchev–Trinajstić information content (AvgIpc) is 2.68. The molecule has 1 aliphatic heterocycles. The van der Waals surface area contributed by atoms with Gasteiger partial charge in [0, 0.05) is 58.4 Å². The van der Waals surface area contributed by atoms with E-state index < -0.39 is 0 Å². The second kappa shape index (κ2) is 9.82. The Labute approximate surface area is 178 Å². The van der Waals surface area contributed by atoms with Crippen molar-refractivity contribution in [1.29, 1.82) is 0 Å². The molecule has 0 radical (unpaired) electrons. The summed E-state index contributed by atoms with van der Waals surface area (Å²) in [6, 6.07) is 11.7. The van der Waals surface area contributed by atoms with Crippen LogP contribution < -0.4 is 15.5 Å². The van der Waals surface area contributed by atoms with Gasteiger partial charge in [0.15, 0.2) is 0 Å². The summed E-state index contributed by atoms with van der Waals surface area (Å²) in [6.07, 6.45) is 0. The third-order valence-electron chi connectivity index (χ3n) is 4.39. The molecular weight excluding hydrogens is 446 g/mol. The topological polar surface area (TPSA) is 44.4 Å². The molecule has 0 atom stereocenters. The zero-order chi connectivity index (χ0) is 19.2. The number of piperazine rings is 1.